The summed E-state index contributed by atoms with van der Waals surface area (Å²) in [6.45, 7) is 0. The lowest BCUT2D eigenvalue weighted by atomic mass is 10.0. The summed E-state index contributed by atoms with van der Waals surface area (Å²) in [5.74, 6) is 0.851. The lowest BCUT2D eigenvalue weighted by Gasteiger charge is -2.19. The van der Waals surface area contributed by atoms with Crippen molar-refractivity contribution in [2.24, 2.45) is 0 Å². The molecule has 0 saturated carbocycles. The van der Waals surface area contributed by atoms with E-state index in [0.29, 0.717) is 6.42 Å². The van der Waals surface area contributed by atoms with Gasteiger partial charge in [0, 0.05) is 6.08 Å². The van der Waals surface area contributed by atoms with E-state index in [1.165, 1.54) is 12.3 Å². The molecule has 0 N–H and O–H groups in total. The highest BCUT2D eigenvalue weighted by Gasteiger charge is 2.19. The highest BCUT2D eigenvalue weighted by atomic mass is 79.9. The number of ether oxygens (including phenoxy) is 2. The number of benzene rings is 1. The topological polar surface area (TPSA) is 35.5 Å². The maximum absolute atomic E-state index is 11.3. The Balaban J connectivity index is 2.24. The predicted octanol–water partition coefficient (Wildman–Crippen LogP) is 3.00. The van der Waals surface area contributed by atoms with Crippen LogP contribution in [0.15, 0.2) is 35.0 Å². The molecule has 1 heterocycles. The third-order valence-corrected chi connectivity index (χ3v) is 3.05. The first-order valence-electron chi connectivity index (χ1n) is 4.89. The molecule has 0 aliphatic carbocycles. The number of hydrogen-bond acceptors (Lipinski definition) is 3. The van der Waals surface area contributed by atoms with Gasteiger partial charge in [-0.15, -0.1) is 0 Å². The summed E-state index contributed by atoms with van der Waals surface area (Å²) < 4.78 is 11.4. The Bertz CT molecular complexity index is 440. The zero-order valence-electron chi connectivity index (χ0n) is 8.77. The summed E-state index contributed by atoms with van der Waals surface area (Å²) in [7, 11) is 1.61. The number of methoxy groups -OCH3 is 1. The molecule has 16 heavy (non-hydrogen) atoms. The van der Waals surface area contributed by atoms with Crippen LogP contribution in [0, 0.1) is 0 Å². The quantitative estimate of drug-likeness (QED) is 0.837. The van der Waals surface area contributed by atoms with Crippen LogP contribution in [0.5, 0.6) is 5.75 Å². The molecule has 0 bridgehead atoms. The summed E-state index contributed by atoms with van der Waals surface area (Å²) in [5, 5.41) is 0. The van der Waals surface area contributed by atoms with Crippen LogP contribution >= 0.6 is 15.9 Å². The Hall–Kier alpha value is -1.29. The van der Waals surface area contributed by atoms with Crippen LogP contribution in [-0.4, -0.2) is 12.9 Å². The molecule has 3 nitrogen and oxygen atoms in total. The summed E-state index contributed by atoms with van der Waals surface area (Å²) in [6, 6.07) is 5.67. The molecule has 1 unspecified atom stereocenters. The van der Waals surface area contributed by atoms with Gasteiger partial charge in [0.25, 0.3) is 0 Å². The average Bonchev–Trinajstić information content (AvgIpc) is 2.29. The summed E-state index contributed by atoms with van der Waals surface area (Å²) in [4.78, 5) is 11.3. The fourth-order valence-electron chi connectivity index (χ4n) is 1.59. The average molecular weight is 283 g/mol. The standard InChI is InChI=1S/C12H11BrO3/c1-15-11-3-2-8(6-10(11)13)12-7-9(14)4-5-16-12/h2-6,12H,7H2,1H3. The molecule has 1 atom stereocenters. The molecule has 1 aromatic carbocycles. The zero-order valence-corrected chi connectivity index (χ0v) is 10.4. The van der Waals surface area contributed by atoms with Crippen LogP contribution in [0.3, 0.4) is 0 Å². The van der Waals surface area contributed by atoms with Crippen LogP contribution in [0.4, 0.5) is 0 Å². The monoisotopic (exact) mass is 282 g/mol. The zero-order chi connectivity index (χ0) is 11.5. The Morgan fingerprint density at radius 2 is 2.31 bits per heavy atom. The molecule has 2 rings (SSSR count). The van der Waals surface area contributed by atoms with Crippen molar-refractivity contribution >= 4 is 21.7 Å². The smallest absolute Gasteiger partial charge is 0.162 e. The predicted molar refractivity (Wildman–Crippen MR) is 63.3 cm³/mol. The minimum Gasteiger partial charge on any atom is -0.496 e. The molecule has 0 fully saturated rings. The molecule has 1 aliphatic heterocycles. The number of carbonyl (C=O) groups excluding carboxylic acids is 1. The van der Waals surface area contributed by atoms with E-state index in [2.05, 4.69) is 15.9 Å². The summed E-state index contributed by atoms with van der Waals surface area (Å²) in [6.07, 6.45) is 3.10. The van der Waals surface area contributed by atoms with Crippen molar-refractivity contribution in [3.63, 3.8) is 0 Å². The SMILES string of the molecule is COc1ccc(C2CC(=O)C=CO2)cc1Br. The van der Waals surface area contributed by atoms with Gasteiger partial charge < -0.3 is 9.47 Å². The van der Waals surface area contributed by atoms with E-state index in [9.17, 15) is 4.79 Å². The van der Waals surface area contributed by atoms with Gasteiger partial charge in [0.05, 0.1) is 24.3 Å². The van der Waals surface area contributed by atoms with Crippen molar-refractivity contribution in [3.8, 4) is 5.75 Å². The van der Waals surface area contributed by atoms with Gasteiger partial charge in [-0.25, -0.2) is 0 Å². The van der Waals surface area contributed by atoms with Gasteiger partial charge in [0.2, 0.25) is 0 Å². The number of rotatable bonds is 2. The number of hydrogen-bond donors (Lipinski definition) is 0. The van der Waals surface area contributed by atoms with Crippen molar-refractivity contribution in [2.75, 3.05) is 7.11 Å². The van der Waals surface area contributed by atoms with Crippen molar-refractivity contribution in [2.45, 2.75) is 12.5 Å². The lowest BCUT2D eigenvalue weighted by molar-refractivity contribution is -0.118. The van der Waals surface area contributed by atoms with Gasteiger partial charge in [-0.05, 0) is 33.6 Å². The van der Waals surface area contributed by atoms with E-state index >= 15 is 0 Å². The molecule has 1 aromatic rings. The van der Waals surface area contributed by atoms with Crippen LogP contribution in [0.2, 0.25) is 0 Å². The Kier molecular flexibility index (Phi) is 3.29. The lowest BCUT2D eigenvalue weighted by Crippen LogP contribution is -2.11. The fraction of sp³-hybridized carbons (Fsp3) is 0.250. The number of carbonyl (C=O) groups is 1. The maximum Gasteiger partial charge on any atom is 0.162 e. The van der Waals surface area contributed by atoms with E-state index in [1.54, 1.807) is 7.11 Å². The Labute approximate surface area is 102 Å². The molecule has 0 saturated heterocycles. The van der Waals surface area contributed by atoms with Gasteiger partial charge in [0.15, 0.2) is 5.78 Å². The molecule has 84 valence electrons. The summed E-state index contributed by atoms with van der Waals surface area (Å²) in [5.41, 5.74) is 0.963. The Morgan fingerprint density at radius 3 is 2.94 bits per heavy atom. The third-order valence-electron chi connectivity index (χ3n) is 2.43. The van der Waals surface area contributed by atoms with Crippen LogP contribution < -0.4 is 4.74 Å². The highest BCUT2D eigenvalue weighted by Crippen LogP contribution is 2.31. The maximum atomic E-state index is 11.3. The first-order chi connectivity index (χ1) is 7.70. The van der Waals surface area contributed by atoms with E-state index < -0.39 is 0 Å². The number of allylic oxidation sites excluding steroid dienone is 1. The molecule has 1 aliphatic rings. The van der Waals surface area contributed by atoms with Crippen molar-refractivity contribution in [1.82, 2.24) is 0 Å². The molecule has 0 spiro atoms. The van der Waals surface area contributed by atoms with E-state index in [4.69, 9.17) is 9.47 Å². The first-order valence-corrected chi connectivity index (χ1v) is 5.68. The molecule has 0 amide bonds. The summed E-state index contributed by atoms with van der Waals surface area (Å²) >= 11 is 3.41. The van der Waals surface area contributed by atoms with Gasteiger partial charge >= 0.3 is 0 Å². The number of ketones is 1. The second-order valence-electron chi connectivity index (χ2n) is 3.49. The minimum atomic E-state index is -0.195. The second-order valence-corrected chi connectivity index (χ2v) is 4.35. The van der Waals surface area contributed by atoms with E-state index in [1.807, 2.05) is 18.2 Å². The number of halogens is 1. The highest BCUT2D eigenvalue weighted by molar-refractivity contribution is 9.10. The second kappa shape index (κ2) is 4.70. The van der Waals surface area contributed by atoms with Crippen molar-refractivity contribution < 1.29 is 14.3 Å². The normalized spacial score (nSPS) is 19.4. The minimum absolute atomic E-state index is 0.0863. The van der Waals surface area contributed by atoms with Gasteiger partial charge in [-0.3, -0.25) is 4.79 Å². The van der Waals surface area contributed by atoms with Crippen molar-refractivity contribution in [1.29, 1.82) is 0 Å². The fourth-order valence-corrected chi connectivity index (χ4v) is 2.15. The Morgan fingerprint density at radius 1 is 1.50 bits per heavy atom. The van der Waals surface area contributed by atoms with Crippen LogP contribution in [0.25, 0.3) is 0 Å². The van der Waals surface area contributed by atoms with E-state index in [0.717, 1.165) is 15.8 Å². The first kappa shape index (κ1) is 11.2. The molecule has 0 radical (unpaired) electrons. The van der Waals surface area contributed by atoms with Gasteiger partial charge in [-0.2, -0.15) is 0 Å². The molecule has 4 heteroatoms. The van der Waals surface area contributed by atoms with Crippen LogP contribution in [-0.2, 0) is 9.53 Å². The van der Waals surface area contributed by atoms with Crippen LogP contribution in [0.1, 0.15) is 18.1 Å². The van der Waals surface area contributed by atoms with Gasteiger partial charge in [-0.1, -0.05) is 6.07 Å². The van der Waals surface area contributed by atoms with Crippen molar-refractivity contribution in [3.05, 3.63) is 40.6 Å². The van der Waals surface area contributed by atoms with Gasteiger partial charge in [0.1, 0.15) is 11.9 Å². The molecular formula is C12H11BrO3. The molecular weight excluding hydrogens is 272 g/mol. The largest absolute Gasteiger partial charge is 0.496 e. The third kappa shape index (κ3) is 2.27. The molecule has 0 aromatic heterocycles. The van der Waals surface area contributed by atoms with E-state index in [-0.39, 0.29) is 11.9 Å².